The zero-order valence-corrected chi connectivity index (χ0v) is 15.3. The standard InChI is InChI=1S/C20H21N3O5/c1-13(15-5-3-2-4-6-15)21-19(24)18-12-28-20(25)17(22-18)11-14-7-9-16(10-8-14)23(26)27/h2-10,13,17-18,22H,11-12H2,1H3,(H,21,24)/t13-,17-,18-/m0/s1. The monoisotopic (exact) mass is 383 g/mol. The molecule has 8 nitrogen and oxygen atoms in total. The Bertz CT molecular complexity index is 854. The summed E-state index contributed by atoms with van der Waals surface area (Å²) in [5.41, 5.74) is 1.69. The van der Waals surface area contributed by atoms with Gasteiger partial charge in [0.2, 0.25) is 5.91 Å². The Morgan fingerprint density at radius 2 is 1.93 bits per heavy atom. The molecule has 146 valence electrons. The Balaban J connectivity index is 1.61. The number of hydrogen-bond acceptors (Lipinski definition) is 6. The van der Waals surface area contributed by atoms with Gasteiger partial charge in [-0.2, -0.15) is 0 Å². The van der Waals surface area contributed by atoms with E-state index in [0.29, 0.717) is 0 Å². The van der Waals surface area contributed by atoms with Crippen molar-refractivity contribution in [3.63, 3.8) is 0 Å². The summed E-state index contributed by atoms with van der Waals surface area (Å²) < 4.78 is 5.18. The van der Waals surface area contributed by atoms with Gasteiger partial charge in [-0.15, -0.1) is 0 Å². The minimum atomic E-state index is -0.696. The molecule has 2 N–H and O–H groups in total. The highest BCUT2D eigenvalue weighted by molar-refractivity contribution is 5.86. The molecular formula is C20H21N3O5. The van der Waals surface area contributed by atoms with Crippen LogP contribution in [0.5, 0.6) is 0 Å². The Labute approximate surface area is 162 Å². The summed E-state index contributed by atoms with van der Waals surface area (Å²) in [7, 11) is 0. The Kier molecular flexibility index (Phi) is 6.00. The van der Waals surface area contributed by atoms with Crippen LogP contribution in [0.1, 0.15) is 24.1 Å². The normalized spacial score (nSPS) is 20.1. The third-order valence-electron chi connectivity index (χ3n) is 4.64. The number of non-ortho nitro benzene ring substituents is 1. The summed E-state index contributed by atoms with van der Waals surface area (Å²) in [5, 5.41) is 16.7. The Morgan fingerprint density at radius 3 is 2.57 bits per heavy atom. The molecule has 1 fully saturated rings. The van der Waals surface area contributed by atoms with Crippen molar-refractivity contribution in [2.24, 2.45) is 0 Å². The summed E-state index contributed by atoms with van der Waals surface area (Å²) in [4.78, 5) is 34.9. The maximum atomic E-state index is 12.6. The van der Waals surface area contributed by atoms with E-state index in [9.17, 15) is 19.7 Å². The Morgan fingerprint density at radius 1 is 1.25 bits per heavy atom. The number of benzene rings is 2. The molecule has 1 aliphatic rings. The number of nitro groups is 1. The van der Waals surface area contributed by atoms with Crippen LogP contribution in [-0.2, 0) is 20.7 Å². The molecule has 1 amide bonds. The number of carbonyl (C=O) groups is 2. The predicted molar refractivity (Wildman–Crippen MR) is 101 cm³/mol. The molecule has 2 aromatic rings. The van der Waals surface area contributed by atoms with E-state index in [1.165, 1.54) is 12.1 Å². The van der Waals surface area contributed by atoms with Crippen LogP contribution >= 0.6 is 0 Å². The van der Waals surface area contributed by atoms with Crippen LogP contribution < -0.4 is 10.6 Å². The van der Waals surface area contributed by atoms with E-state index >= 15 is 0 Å². The molecule has 3 rings (SSSR count). The minimum absolute atomic E-state index is 0.0184. The average Bonchev–Trinajstić information content (AvgIpc) is 2.70. The van der Waals surface area contributed by atoms with E-state index in [-0.39, 0.29) is 30.7 Å². The fourth-order valence-corrected chi connectivity index (χ4v) is 3.05. The largest absolute Gasteiger partial charge is 0.462 e. The molecule has 0 spiro atoms. The van der Waals surface area contributed by atoms with Gasteiger partial charge in [-0.1, -0.05) is 42.5 Å². The number of rotatable bonds is 6. The summed E-state index contributed by atoms with van der Waals surface area (Å²) in [6.45, 7) is 1.85. The van der Waals surface area contributed by atoms with Gasteiger partial charge in [0.1, 0.15) is 18.7 Å². The van der Waals surface area contributed by atoms with Gasteiger partial charge in [0.25, 0.3) is 5.69 Å². The highest BCUT2D eigenvalue weighted by Gasteiger charge is 2.34. The highest BCUT2D eigenvalue weighted by Crippen LogP contribution is 2.16. The zero-order valence-electron chi connectivity index (χ0n) is 15.3. The molecule has 0 radical (unpaired) electrons. The molecule has 2 aromatic carbocycles. The van der Waals surface area contributed by atoms with Crippen LogP contribution in [0, 0.1) is 10.1 Å². The smallest absolute Gasteiger partial charge is 0.323 e. The van der Waals surface area contributed by atoms with Gasteiger partial charge in [-0.05, 0) is 24.5 Å². The van der Waals surface area contributed by atoms with E-state index in [4.69, 9.17) is 4.74 Å². The molecule has 1 saturated heterocycles. The second kappa shape index (κ2) is 8.62. The van der Waals surface area contributed by atoms with Crippen molar-refractivity contribution in [2.75, 3.05) is 6.61 Å². The van der Waals surface area contributed by atoms with Crippen LogP contribution in [0.4, 0.5) is 5.69 Å². The van der Waals surface area contributed by atoms with Gasteiger partial charge in [0, 0.05) is 12.1 Å². The number of nitrogens with zero attached hydrogens (tertiary/aromatic N) is 1. The first kappa shape index (κ1) is 19.5. The van der Waals surface area contributed by atoms with Crippen molar-refractivity contribution in [2.45, 2.75) is 31.5 Å². The van der Waals surface area contributed by atoms with Crippen molar-refractivity contribution in [1.29, 1.82) is 0 Å². The number of morpholine rings is 1. The maximum absolute atomic E-state index is 12.6. The summed E-state index contributed by atoms with van der Waals surface area (Å²) in [5.74, 6) is -0.698. The highest BCUT2D eigenvalue weighted by atomic mass is 16.6. The fraction of sp³-hybridized carbons (Fsp3) is 0.300. The number of amides is 1. The molecule has 0 unspecified atom stereocenters. The molecule has 0 bridgehead atoms. The maximum Gasteiger partial charge on any atom is 0.323 e. The molecule has 0 aromatic heterocycles. The number of hydrogen-bond donors (Lipinski definition) is 2. The topological polar surface area (TPSA) is 111 Å². The number of nitrogens with one attached hydrogen (secondary N) is 2. The molecule has 1 heterocycles. The zero-order chi connectivity index (χ0) is 20.1. The second-order valence-corrected chi connectivity index (χ2v) is 6.67. The van der Waals surface area contributed by atoms with Crippen molar-refractivity contribution in [1.82, 2.24) is 10.6 Å². The van der Waals surface area contributed by atoms with Crippen molar-refractivity contribution in [3.05, 3.63) is 75.8 Å². The lowest BCUT2D eigenvalue weighted by molar-refractivity contribution is -0.384. The van der Waals surface area contributed by atoms with Crippen molar-refractivity contribution < 1.29 is 19.2 Å². The molecule has 1 aliphatic heterocycles. The van der Waals surface area contributed by atoms with E-state index < -0.39 is 23.0 Å². The van der Waals surface area contributed by atoms with Gasteiger partial charge >= 0.3 is 5.97 Å². The molecule has 28 heavy (non-hydrogen) atoms. The van der Waals surface area contributed by atoms with E-state index in [0.717, 1.165) is 11.1 Å². The van der Waals surface area contributed by atoms with Crippen LogP contribution in [0.3, 0.4) is 0 Å². The molecule has 8 heteroatoms. The number of ether oxygens (including phenoxy) is 1. The van der Waals surface area contributed by atoms with Crippen LogP contribution in [-0.4, -0.2) is 35.5 Å². The van der Waals surface area contributed by atoms with Gasteiger partial charge in [-0.25, -0.2) is 0 Å². The van der Waals surface area contributed by atoms with Crippen LogP contribution in [0.25, 0.3) is 0 Å². The van der Waals surface area contributed by atoms with E-state index in [1.54, 1.807) is 12.1 Å². The number of esters is 1. The van der Waals surface area contributed by atoms with Crippen LogP contribution in [0.15, 0.2) is 54.6 Å². The lowest BCUT2D eigenvalue weighted by Gasteiger charge is -2.30. The second-order valence-electron chi connectivity index (χ2n) is 6.67. The number of cyclic esters (lactones) is 1. The van der Waals surface area contributed by atoms with Crippen LogP contribution in [0.2, 0.25) is 0 Å². The van der Waals surface area contributed by atoms with E-state index in [1.807, 2.05) is 37.3 Å². The van der Waals surface area contributed by atoms with Crippen molar-refractivity contribution >= 4 is 17.6 Å². The Hall–Kier alpha value is -3.26. The summed E-state index contributed by atoms with van der Waals surface area (Å²) in [6.07, 6.45) is 0.273. The predicted octanol–water partition coefficient (Wildman–Crippen LogP) is 1.90. The van der Waals surface area contributed by atoms with Gasteiger partial charge in [0.05, 0.1) is 11.0 Å². The third-order valence-corrected chi connectivity index (χ3v) is 4.64. The van der Waals surface area contributed by atoms with Gasteiger partial charge in [-0.3, -0.25) is 25.0 Å². The lowest BCUT2D eigenvalue weighted by Crippen LogP contribution is -2.58. The third kappa shape index (κ3) is 4.72. The average molecular weight is 383 g/mol. The fourth-order valence-electron chi connectivity index (χ4n) is 3.05. The first-order valence-electron chi connectivity index (χ1n) is 8.95. The summed E-state index contributed by atoms with van der Waals surface area (Å²) >= 11 is 0. The molecule has 0 saturated carbocycles. The lowest BCUT2D eigenvalue weighted by atomic mass is 10.0. The van der Waals surface area contributed by atoms with Gasteiger partial charge in [0.15, 0.2) is 0 Å². The van der Waals surface area contributed by atoms with E-state index in [2.05, 4.69) is 10.6 Å². The molecular weight excluding hydrogens is 362 g/mol. The SMILES string of the molecule is C[C@H](NC(=O)[C@@H]1COC(=O)[C@H](Cc2ccc([N+](=O)[O-])cc2)N1)c1ccccc1. The summed E-state index contributed by atoms with van der Waals surface area (Å²) in [6, 6.07) is 14.0. The van der Waals surface area contributed by atoms with Gasteiger partial charge < -0.3 is 10.1 Å². The quantitative estimate of drug-likeness (QED) is 0.448. The minimum Gasteiger partial charge on any atom is -0.462 e. The molecule has 0 aliphatic carbocycles. The molecule has 3 atom stereocenters. The van der Waals surface area contributed by atoms with Crippen molar-refractivity contribution in [3.8, 4) is 0 Å². The first-order valence-corrected chi connectivity index (χ1v) is 8.95. The number of carbonyl (C=O) groups excluding carboxylic acids is 2. The number of nitro benzene ring substituents is 1. The first-order chi connectivity index (χ1) is 13.4.